The van der Waals surface area contributed by atoms with Gasteiger partial charge in [-0.15, -0.1) is 0 Å². The molecule has 20 heavy (non-hydrogen) atoms. The number of hydrogen-bond acceptors (Lipinski definition) is 2. The summed E-state index contributed by atoms with van der Waals surface area (Å²) in [4.78, 5) is 11.9. The molecule has 3 rings (SSSR count). The lowest BCUT2D eigenvalue weighted by Crippen LogP contribution is -2.35. The van der Waals surface area contributed by atoms with Crippen molar-refractivity contribution < 1.29 is 9.53 Å². The molecule has 2 aromatic carbocycles. The molecule has 0 radical (unpaired) electrons. The minimum absolute atomic E-state index is 0.213. The van der Waals surface area contributed by atoms with Crippen LogP contribution in [0.3, 0.4) is 0 Å². The molecule has 1 fully saturated rings. The Hall–Kier alpha value is -2.29. The maximum atomic E-state index is 11.9. The van der Waals surface area contributed by atoms with Crippen molar-refractivity contribution >= 4 is 6.09 Å². The maximum absolute atomic E-state index is 11.9. The molecule has 102 valence electrons. The zero-order valence-electron chi connectivity index (χ0n) is 11.2. The Morgan fingerprint density at radius 2 is 1.60 bits per heavy atom. The Morgan fingerprint density at radius 1 is 1.00 bits per heavy atom. The first kappa shape index (κ1) is 12.7. The molecule has 0 unspecified atom stereocenters. The summed E-state index contributed by atoms with van der Waals surface area (Å²) >= 11 is 0. The normalized spacial score (nSPS) is 15.4. The number of carbonyl (C=O) groups is 1. The summed E-state index contributed by atoms with van der Waals surface area (Å²) in [7, 11) is 0. The van der Waals surface area contributed by atoms with Crippen LogP contribution in [0.5, 0.6) is 0 Å². The third kappa shape index (κ3) is 2.82. The standard InChI is InChI=1S/C17H17NO2/c19-16(20-13-14-7-3-1-4-8-14)18-17(11-12-17)15-9-5-2-6-10-15/h1-10H,11-13H2,(H,18,19). The largest absolute Gasteiger partial charge is 0.445 e. The number of hydrogen-bond donors (Lipinski definition) is 1. The van der Waals surface area contributed by atoms with Crippen LogP contribution in [0.15, 0.2) is 60.7 Å². The second kappa shape index (κ2) is 5.37. The van der Waals surface area contributed by atoms with Crippen LogP contribution < -0.4 is 5.32 Å². The Balaban J connectivity index is 1.57. The lowest BCUT2D eigenvalue weighted by molar-refractivity contribution is 0.134. The van der Waals surface area contributed by atoms with Crippen LogP contribution in [0.4, 0.5) is 4.79 Å². The van der Waals surface area contributed by atoms with Gasteiger partial charge in [0.05, 0.1) is 5.54 Å². The van der Waals surface area contributed by atoms with Gasteiger partial charge in [-0.25, -0.2) is 4.79 Å². The summed E-state index contributed by atoms with van der Waals surface area (Å²) in [6, 6.07) is 19.7. The molecule has 1 aliphatic carbocycles. The van der Waals surface area contributed by atoms with E-state index in [0.717, 1.165) is 24.0 Å². The summed E-state index contributed by atoms with van der Waals surface area (Å²) in [5.74, 6) is 0. The number of amides is 1. The zero-order chi connectivity index (χ0) is 13.8. The average Bonchev–Trinajstić information content (AvgIpc) is 3.28. The highest BCUT2D eigenvalue weighted by atomic mass is 16.5. The van der Waals surface area contributed by atoms with Gasteiger partial charge in [-0.3, -0.25) is 0 Å². The van der Waals surface area contributed by atoms with Crippen LogP contribution in [0, 0.1) is 0 Å². The number of ether oxygens (including phenoxy) is 1. The topological polar surface area (TPSA) is 38.3 Å². The van der Waals surface area contributed by atoms with Gasteiger partial charge < -0.3 is 10.1 Å². The van der Waals surface area contributed by atoms with Crippen molar-refractivity contribution in [3.63, 3.8) is 0 Å². The second-order valence-corrected chi connectivity index (χ2v) is 5.13. The van der Waals surface area contributed by atoms with Crippen molar-refractivity contribution in [2.24, 2.45) is 0 Å². The summed E-state index contributed by atoms with van der Waals surface area (Å²) in [5, 5.41) is 2.99. The first-order chi connectivity index (χ1) is 9.78. The van der Waals surface area contributed by atoms with Gasteiger partial charge in [0.25, 0.3) is 0 Å². The molecule has 0 bridgehead atoms. The van der Waals surface area contributed by atoms with Crippen LogP contribution in [-0.2, 0) is 16.9 Å². The van der Waals surface area contributed by atoms with Crippen LogP contribution >= 0.6 is 0 Å². The molecule has 0 saturated heterocycles. The van der Waals surface area contributed by atoms with E-state index in [1.54, 1.807) is 0 Å². The monoisotopic (exact) mass is 267 g/mol. The molecule has 1 aliphatic rings. The SMILES string of the molecule is O=C(NC1(c2ccccc2)CC1)OCc1ccccc1. The van der Waals surface area contributed by atoms with Gasteiger partial charge in [-0.1, -0.05) is 60.7 Å². The molecule has 3 heteroatoms. The molecule has 0 aliphatic heterocycles. The Labute approximate surface area is 118 Å². The van der Waals surface area contributed by atoms with Crippen molar-refractivity contribution in [3.8, 4) is 0 Å². The predicted molar refractivity (Wildman–Crippen MR) is 77.1 cm³/mol. The molecule has 1 N–H and O–H groups in total. The van der Waals surface area contributed by atoms with E-state index in [2.05, 4.69) is 5.32 Å². The second-order valence-electron chi connectivity index (χ2n) is 5.13. The van der Waals surface area contributed by atoms with Gasteiger partial charge in [-0.05, 0) is 24.0 Å². The molecule has 1 saturated carbocycles. The van der Waals surface area contributed by atoms with Gasteiger partial charge in [-0.2, -0.15) is 0 Å². The average molecular weight is 267 g/mol. The maximum Gasteiger partial charge on any atom is 0.408 e. The van der Waals surface area contributed by atoms with E-state index in [0.29, 0.717) is 6.61 Å². The minimum atomic E-state index is -0.352. The summed E-state index contributed by atoms with van der Waals surface area (Å²) < 4.78 is 5.28. The van der Waals surface area contributed by atoms with Gasteiger partial charge >= 0.3 is 6.09 Å². The highest BCUT2D eigenvalue weighted by Crippen LogP contribution is 2.45. The minimum Gasteiger partial charge on any atom is -0.445 e. The van der Waals surface area contributed by atoms with Crippen LogP contribution in [0.25, 0.3) is 0 Å². The van der Waals surface area contributed by atoms with Gasteiger partial charge in [0.15, 0.2) is 0 Å². The third-order valence-electron chi connectivity index (χ3n) is 3.63. The fourth-order valence-corrected chi connectivity index (χ4v) is 2.32. The predicted octanol–water partition coefficient (Wildman–Crippen LogP) is 3.60. The Bertz CT molecular complexity index is 576. The van der Waals surface area contributed by atoms with Crippen LogP contribution in [-0.4, -0.2) is 6.09 Å². The molecule has 0 spiro atoms. The quantitative estimate of drug-likeness (QED) is 0.919. The third-order valence-corrected chi connectivity index (χ3v) is 3.63. The van der Waals surface area contributed by atoms with E-state index < -0.39 is 0 Å². The molecule has 3 nitrogen and oxygen atoms in total. The molecule has 0 atom stereocenters. The molecule has 2 aromatic rings. The number of rotatable bonds is 4. The first-order valence-electron chi connectivity index (χ1n) is 6.83. The van der Waals surface area contributed by atoms with E-state index in [-0.39, 0.29) is 11.6 Å². The van der Waals surface area contributed by atoms with E-state index in [1.807, 2.05) is 60.7 Å². The van der Waals surface area contributed by atoms with E-state index in [4.69, 9.17) is 4.74 Å². The van der Waals surface area contributed by atoms with Gasteiger partial charge in [0.2, 0.25) is 0 Å². The lowest BCUT2D eigenvalue weighted by Gasteiger charge is -2.17. The van der Waals surface area contributed by atoms with E-state index >= 15 is 0 Å². The Kier molecular flexibility index (Phi) is 3.42. The van der Waals surface area contributed by atoms with Crippen molar-refractivity contribution in [1.29, 1.82) is 0 Å². The molecule has 0 aromatic heterocycles. The molecule has 0 heterocycles. The van der Waals surface area contributed by atoms with Crippen molar-refractivity contribution in [2.45, 2.75) is 25.0 Å². The van der Waals surface area contributed by atoms with Crippen molar-refractivity contribution in [2.75, 3.05) is 0 Å². The number of benzene rings is 2. The van der Waals surface area contributed by atoms with Crippen LogP contribution in [0.2, 0.25) is 0 Å². The number of nitrogens with one attached hydrogen (secondary N) is 1. The summed E-state index contributed by atoms with van der Waals surface area (Å²) in [5.41, 5.74) is 1.93. The van der Waals surface area contributed by atoms with Crippen molar-refractivity contribution in [3.05, 3.63) is 71.8 Å². The van der Waals surface area contributed by atoms with Gasteiger partial charge in [0, 0.05) is 0 Å². The molecule has 1 amide bonds. The van der Waals surface area contributed by atoms with E-state index in [1.165, 1.54) is 0 Å². The highest BCUT2D eigenvalue weighted by Gasteiger charge is 2.45. The molecular weight excluding hydrogens is 250 g/mol. The van der Waals surface area contributed by atoms with Crippen LogP contribution in [0.1, 0.15) is 24.0 Å². The fourth-order valence-electron chi connectivity index (χ4n) is 2.32. The fraction of sp³-hybridized carbons (Fsp3) is 0.235. The number of alkyl carbamates (subject to hydrolysis) is 1. The highest BCUT2D eigenvalue weighted by molar-refractivity contribution is 5.69. The van der Waals surface area contributed by atoms with E-state index in [9.17, 15) is 4.79 Å². The van der Waals surface area contributed by atoms with Gasteiger partial charge in [0.1, 0.15) is 6.61 Å². The lowest BCUT2D eigenvalue weighted by atomic mass is 10.1. The smallest absolute Gasteiger partial charge is 0.408 e. The summed E-state index contributed by atoms with van der Waals surface area (Å²) in [6.45, 7) is 0.303. The Morgan fingerprint density at radius 3 is 2.20 bits per heavy atom. The zero-order valence-corrected chi connectivity index (χ0v) is 11.2. The van der Waals surface area contributed by atoms with Crippen molar-refractivity contribution in [1.82, 2.24) is 5.32 Å². The molecular formula is C17H17NO2. The summed E-state index contributed by atoms with van der Waals surface area (Å²) in [6.07, 6.45) is 1.59. The first-order valence-corrected chi connectivity index (χ1v) is 6.83. The number of carbonyl (C=O) groups excluding carboxylic acids is 1.